The Bertz CT molecular complexity index is 464. The molecule has 103 valence electrons. The molecule has 0 aliphatic rings. The van der Waals surface area contributed by atoms with E-state index in [-0.39, 0.29) is 25.9 Å². The van der Waals surface area contributed by atoms with E-state index in [0.717, 1.165) is 5.01 Å². The van der Waals surface area contributed by atoms with Crippen LogP contribution in [0.3, 0.4) is 0 Å². The maximum atomic E-state index is 10.5. The number of carbonyl (C=O) groups is 2. The number of aliphatic carboxylic acids is 2. The van der Waals surface area contributed by atoms with Gasteiger partial charge in [-0.25, -0.2) is 0 Å². The molecule has 1 aromatic rings. The minimum atomic E-state index is -1.20. The van der Waals surface area contributed by atoms with Crippen molar-refractivity contribution in [3.8, 4) is 5.75 Å². The molecular weight excluding hydrogens is 341 g/mol. The zero-order valence-corrected chi connectivity index (χ0v) is 11.5. The van der Waals surface area contributed by atoms with Crippen LogP contribution in [0.4, 0.5) is 0 Å². The Morgan fingerprint density at radius 2 is 1.89 bits per heavy atom. The van der Waals surface area contributed by atoms with E-state index in [2.05, 4.69) is 10.1 Å². The Hall–Kier alpha value is -1.99. The Balaban J connectivity index is 0.00000324. The van der Waals surface area contributed by atoms with Crippen LogP contribution in [0.2, 0.25) is 0 Å². The Labute approximate surface area is 121 Å². The number of hydrogen-bond acceptors (Lipinski definition) is 6. The first-order valence-corrected chi connectivity index (χ1v) is 4.84. The van der Waals surface area contributed by atoms with Crippen molar-refractivity contribution in [3.05, 3.63) is 24.0 Å². The van der Waals surface area contributed by atoms with Gasteiger partial charge in [-0.1, -0.05) is 0 Å². The second-order valence-corrected chi connectivity index (χ2v) is 3.29. The number of nitrogens with zero attached hydrogens (tertiary/aromatic N) is 3. The smallest absolute Gasteiger partial charge is 0.324 e. The first-order chi connectivity index (χ1) is 8.49. The topological polar surface area (TPSA) is 123 Å². The van der Waals surface area contributed by atoms with Crippen LogP contribution in [-0.2, 0) is 29.7 Å². The van der Waals surface area contributed by atoms with Crippen molar-refractivity contribution in [2.75, 3.05) is 13.1 Å². The average molecular weight is 352 g/mol. The van der Waals surface area contributed by atoms with Gasteiger partial charge in [-0.2, -0.15) is 5.10 Å². The zero-order valence-electron chi connectivity index (χ0n) is 9.60. The predicted octanol–water partition coefficient (Wildman–Crippen LogP) is -0.410. The second kappa shape index (κ2) is 8.17. The number of carboxylic acids is 2. The summed E-state index contributed by atoms with van der Waals surface area (Å²) in [6, 6.07) is 1.46. The zero-order chi connectivity index (χ0) is 13.5. The molecule has 0 saturated carbocycles. The number of hydrogen-bond donors (Lipinski definition) is 3. The number of aromatic hydroxyl groups is 1. The van der Waals surface area contributed by atoms with Crippen molar-refractivity contribution in [1.82, 2.24) is 9.99 Å². The quantitative estimate of drug-likeness (QED) is 0.470. The van der Waals surface area contributed by atoms with Gasteiger partial charge in [0, 0.05) is 31.9 Å². The van der Waals surface area contributed by atoms with Gasteiger partial charge >= 0.3 is 11.9 Å². The van der Waals surface area contributed by atoms with Crippen LogP contribution in [0.1, 0.15) is 5.56 Å². The molecule has 0 aliphatic heterocycles. The van der Waals surface area contributed by atoms with E-state index in [1.807, 2.05) is 0 Å². The molecule has 1 heterocycles. The molecule has 0 aromatic carbocycles. The van der Waals surface area contributed by atoms with Crippen molar-refractivity contribution in [2.24, 2.45) is 5.10 Å². The Morgan fingerprint density at radius 3 is 2.37 bits per heavy atom. The number of rotatable bonds is 6. The monoisotopic (exact) mass is 352 g/mol. The molecule has 0 saturated heterocycles. The third kappa shape index (κ3) is 6.49. The molecule has 19 heavy (non-hydrogen) atoms. The van der Waals surface area contributed by atoms with Gasteiger partial charge in [-0.05, 0) is 6.07 Å². The van der Waals surface area contributed by atoms with Gasteiger partial charge in [0.1, 0.15) is 18.8 Å². The van der Waals surface area contributed by atoms with Gasteiger partial charge < -0.3 is 15.3 Å². The molecule has 1 rings (SSSR count). The van der Waals surface area contributed by atoms with E-state index in [4.69, 9.17) is 10.2 Å². The van der Waals surface area contributed by atoms with E-state index in [1.54, 1.807) is 0 Å². The summed E-state index contributed by atoms with van der Waals surface area (Å²) < 4.78 is 0. The summed E-state index contributed by atoms with van der Waals surface area (Å²) in [4.78, 5) is 24.7. The maximum Gasteiger partial charge on any atom is 0.324 e. The third-order valence-electron chi connectivity index (χ3n) is 1.83. The fourth-order valence-electron chi connectivity index (χ4n) is 1.10. The molecule has 0 fully saturated rings. The largest absolute Gasteiger partial charge is 0.506 e. The molecule has 0 atom stereocenters. The van der Waals surface area contributed by atoms with Crippen LogP contribution in [-0.4, -0.2) is 56.6 Å². The normalized spacial score (nSPS) is 9.89. The first-order valence-electron chi connectivity index (χ1n) is 4.84. The molecule has 0 bridgehead atoms. The van der Waals surface area contributed by atoms with Crippen molar-refractivity contribution in [1.29, 1.82) is 0 Å². The molecule has 1 aromatic heterocycles. The van der Waals surface area contributed by atoms with Gasteiger partial charge in [0.15, 0.2) is 0 Å². The summed E-state index contributed by atoms with van der Waals surface area (Å²) in [5.74, 6) is -2.54. The van der Waals surface area contributed by atoms with Crippen LogP contribution < -0.4 is 0 Å². The summed E-state index contributed by atoms with van der Waals surface area (Å²) in [6.45, 7) is -1.09. The van der Waals surface area contributed by atoms with Gasteiger partial charge in [0.2, 0.25) is 0 Å². The maximum absolute atomic E-state index is 10.5. The van der Waals surface area contributed by atoms with Gasteiger partial charge in [-0.15, -0.1) is 0 Å². The molecule has 0 aliphatic carbocycles. The van der Waals surface area contributed by atoms with Crippen molar-refractivity contribution >= 4 is 18.2 Å². The molecule has 1 radical (unpaired) electrons. The summed E-state index contributed by atoms with van der Waals surface area (Å²) in [6.07, 6.45) is 3.78. The van der Waals surface area contributed by atoms with Gasteiger partial charge in [0.05, 0.1) is 12.4 Å². The van der Waals surface area contributed by atoms with Crippen LogP contribution in [0, 0.1) is 0 Å². The number of carboxylic acid groups (broad SMARTS) is 2. The summed E-state index contributed by atoms with van der Waals surface area (Å²) in [5, 5.41) is 31.1. The molecule has 0 amide bonds. The Morgan fingerprint density at radius 1 is 1.32 bits per heavy atom. The van der Waals surface area contributed by atoms with E-state index in [0.29, 0.717) is 5.56 Å². The Kier molecular flexibility index (Phi) is 7.31. The average Bonchev–Trinajstić information content (AvgIpc) is 2.26. The van der Waals surface area contributed by atoms with Crippen LogP contribution in [0.25, 0.3) is 0 Å². The number of hydrazone groups is 1. The summed E-state index contributed by atoms with van der Waals surface area (Å²) in [5.41, 5.74) is 0.311. The third-order valence-corrected chi connectivity index (χ3v) is 1.83. The van der Waals surface area contributed by atoms with Crippen LogP contribution >= 0.6 is 0 Å². The molecule has 3 N–H and O–H groups in total. The van der Waals surface area contributed by atoms with E-state index in [9.17, 15) is 14.7 Å². The predicted molar refractivity (Wildman–Crippen MR) is 60.3 cm³/mol. The fraction of sp³-hybridized carbons (Fsp3) is 0.200. The molecular formula is C10H11N3O5Tc. The van der Waals surface area contributed by atoms with Crippen molar-refractivity contribution < 1.29 is 45.0 Å². The van der Waals surface area contributed by atoms with Gasteiger partial charge in [-0.3, -0.25) is 19.6 Å². The minimum Gasteiger partial charge on any atom is -0.506 e. The molecule has 8 nitrogen and oxygen atoms in total. The van der Waals surface area contributed by atoms with E-state index >= 15 is 0 Å². The SMILES string of the molecule is O=C(O)CN(CC(=O)O)/N=C/c1ccncc1O.[99Tc]. The first kappa shape index (κ1) is 17.0. The molecule has 9 heteroatoms. The minimum absolute atomic E-state index is 0. The molecule has 0 spiro atoms. The van der Waals surface area contributed by atoms with Crippen molar-refractivity contribution in [3.63, 3.8) is 0 Å². The number of pyridine rings is 1. The summed E-state index contributed by atoms with van der Waals surface area (Å²) >= 11 is 0. The van der Waals surface area contributed by atoms with Crippen LogP contribution in [0.15, 0.2) is 23.6 Å². The fourth-order valence-corrected chi connectivity index (χ4v) is 1.10. The summed E-state index contributed by atoms with van der Waals surface area (Å²) in [7, 11) is 0. The molecule has 0 unspecified atom stereocenters. The van der Waals surface area contributed by atoms with Crippen molar-refractivity contribution in [2.45, 2.75) is 0 Å². The number of aromatic nitrogens is 1. The standard InChI is InChI=1S/C10H11N3O5.Tc/c14-8-4-11-2-1-7(8)3-12-13(5-9(15)16)6-10(17)18;/h1-4,14H,5-6H2,(H,15,16)(H,17,18);/b12-3+;/i;1+1. The second-order valence-electron chi connectivity index (χ2n) is 3.29. The van der Waals surface area contributed by atoms with E-state index in [1.165, 1.54) is 24.7 Å². The van der Waals surface area contributed by atoms with E-state index < -0.39 is 25.0 Å². The van der Waals surface area contributed by atoms with Crippen LogP contribution in [0.5, 0.6) is 5.75 Å². The van der Waals surface area contributed by atoms with Gasteiger partial charge in [0.25, 0.3) is 0 Å².